The number of fused-ring (bicyclic) bond motifs is 5. The van der Waals surface area contributed by atoms with E-state index in [-0.39, 0.29) is 24.0 Å². The Morgan fingerprint density at radius 2 is 1.50 bits per heavy atom. The zero-order valence-electron chi connectivity index (χ0n) is 9.71. The molecule has 4 heteroatoms. The highest BCUT2D eigenvalue weighted by Crippen LogP contribution is 2.58. The minimum absolute atomic E-state index is 0.0548. The third-order valence-electron chi connectivity index (χ3n) is 3.87. The molecule has 92 valence electrons. The lowest BCUT2D eigenvalue weighted by molar-refractivity contribution is 0.0683. The van der Waals surface area contributed by atoms with Crippen LogP contribution in [0.3, 0.4) is 0 Å². The molecule has 2 atom stereocenters. The molecule has 1 aromatic heterocycles. The van der Waals surface area contributed by atoms with E-state index in [0.29, 0.717) is 0 Å². The summed E-state index contributed by atoms with van der Waals surface area (Å²) in [4.78, 5) is 0. The van der Waals surface area contributed by atoms with E-state index in [1.807, 2.05) is 30.3 Å². The van der Waals surface area contributed by atoms with Gasteiger partial charge >= 0.3 is 0 Å². The highest BCUT2D eigenvalue weighted by Gasteiger charge is 2.45. The second kappa shape index (κ2) is 3.29. The number of hydrogen-bond donors (Lipinski definition) is 2. The fourth-order valence-corrected chi connectivity index (χ4v) is 3.10. The number of ether oxygens (including phenoxy) is 1. The van der Waals surface area contributed by atoms with Crippen LogP contribution in [0.1, 0.15) is 36.2 Å². The first-order valence-electron chi connectivity index (χ1n) is 6.14. The number of benzene rings is 1. The molecule has 1 aromatic carbocycles. The van der Waals surface area contributed by atoms with Crippen molar-refractivity contribution in [3.8, 4) is 17.4 Å². The third kappa shape index (κ3) is 1.08. The maximum atomic E-state index is 10.3. The van der Waals surface area contributed by atoms with Crippen LogP contribution in [0.4, 0.5) is 0 Å². The second-order valence-corrected chi connectivity index (χ2v) is 4.84. The van der Waals surface area contributed by atoms with E-state index < -0.39 is 0 Å². The van der Waals surface area contributed by atoms with Gasteiger partial charge in [-0.1, -0.05) is 18.2 Å². The number of rotatable bonds is 1. The summed E-state index contributed by atoms with van der Waals surface area (Å²) in [6.45, 7) is 0. The van der Waals surface area contributed by atoms with E-state index >= 15 is 0 Å². The smallest absolute Gasteiger partial charge is 0.205 e. The van der Waals surface area contributed by atoms with Crippen molar-refractivity contribution in [3.05, 3.63) is 41.5 Å². The normalized spacial score (nSPS) is 24.4. The fraction of sp³-hybridized carbons (Fsp3) is 0.286. The van der Waals surface area contributed by atoms with Gasteiger partial charge in [-0.25, -0.2) is 0 Å². The largest absolute Gasteiger partial charge is 0.494 e. The molecule has 2 aromatic rings. The van der Waals surface area contributed by atoms with Gasteiger partial charge in [-0.15, -0.1) is 0 Å². The zero-order valence-corrected chi connectivity index (χ0v) is 9.71. The monoisotopic (exact) mass is 243 g/mol. The summed E-state index contributed by atoms with van der Waals surface area (Å²) < 4.78 is 7.20. The Bertz CT molecular complexity index is 584. The quantitative estimate of drug-likeness (QED) is 0.809. The first-order valence-corrected chi connectivity index (χ1v) is 6.14. The predicted molar refractivity (Wildman–Crippen MR) is 64.9 cm³/mol. The molecule has 0 unspecified atom stereocenters. The Labute approximate surface area is 104 Å². The molecular formula is C14H13NO3. The first-order chi connectivity index (χ1) is 8.77. The molecule has 0 saturated carbocycles. The van der Waals surface area contributed by atoms with Crippen molar-refractivity contribution < 1.29 is 14.9 Å². The van der Waals surface area contributed by atoms with Crippen LogP contribution in [0.25, 0.3) is 5.69 Å². The Morgan fingerprint density at radius 3 is 2.06 bits per heavy atom. The van der Waals surface area contributed by atoms with Crippen LogP contribution in [-0.4, -0.2) is 14.8 Å². The van der Waals surface area contributed by atoms with Gasteiger partial charge in [-0.2, -0.15) is 0 Å². The number of para-hydroxylation sites is 1. The lowest BCUT2D eigenvalue weighted by Crippen LogP contribution is -1.95. The number of aromatic nitrogens is 1. The molecule has 3 heterocycles. The minimum atomic E-state index is -0.0548. The molecule has 4 rings (SSSR count). The molecule has 0 aliphatic carbocycles. The molecule has 1 saturated heterocycles. The average molecular weight is 243 g/mol. The van der Waals surface area contributed by atoms with Crippen LogP contribution in [0.5, 0.6) is 11.8 Å². The van der Waals surface area contributed by atoms with Crippen molar-refractivity contribution in [3.63, 3.8) is 0 Å². The summed E-state index contributed by atoms with van der Waals surface area (Å²) in [5, 5.41) is 20.7. The molecule has 0 spiro atoms. The van der Waals surface area contributed by atoms with E-state index in [4.69, 9.17) is 4.74 Å². The molecule has 2 aliphatic rings. The molecule has 1 fully saturated rings. The zero-order chi connectivity index (χ0) is 12.3. The molecule has 2 N–H and O–H groups in total. The van der Waals surface area contributed by atoms with Crippen molar-refractivity contribution in [2.45, 2.75) is 25.0 Å². The summed E-state index contributed by atoms with van der Waals surface area (Å²) in [5.74, 6) is 0.224. The van der Waals surface area contributed by atoms with E-state index in [9.17, 15) is 10.2 Å². The first kappa shape index (κ1) is 10.0. The van der Waals surface area contributed by atoms with Crippen LogP contribution in [0.2, 0.25) is 0 Å². The van der Waals surface area contributed by atoms with Gasteiger partial charge in [0.1, 0.15) is 0 Å². The minimum Gasteiger partial charge on any atom is -0.494 e. The molecule has 0 amide bonds. The Kier molecular flexibility index (Phi) is 1.84. The Morgan fingerprint density at radius 1 is 0.944 bits per heavy atom. The summed E-state index contributed by atoms with van der Waals surface area (Å²) >= 11 is 0. The van der Waals surface area contributed by atoms with Crippen LogP contribution in [0.15, 0.2) is 30.3 Å². The van der Waals surface area contributed by atoms with Gasteiger partial charge < -0.3 is 14.9 Å². The van der Waals surface area contributed by atoms with Crippen LogP contribution in [-0.2, 0) is 4.74 Å². The SMILES string of the molecule is Oc1c2c(c(O)n1-c1ccccc1)[C@H]1CC[C@@H]2O1. The lowest BCUT2D eigenvalue weighted by Gasteiger charge is -2.09. The van der Waals surface area contributed by atoms with Gasteiger partial charge in [0.15, 0.2) is 0 Å². The van der Waals surface area contributed by atoms with Crippen LogP contribution < -0.4 is 0 Å². The number of nitrogens with zero attached hydrogens (tertiary/aromatic N) is 1. The van der Waals surface area contributed by atoms with E-state index in [2.05, 4.69) is 0 Å². The van der Waals surface area contributed by atoms with Gasteiger partial charge in [0.25, 0.3) is 0 Å². The van der Waals surface area contributed by atoms with Crippen molar-refractivity contribution in [1.29, 1.82) is 0 Å². The third-order valence-corrected chi connectivity index (χ3v) is 3.87. The molecule has 2 bridgehead atoms. The van der Waals surface area contributed by atoms with Crippen LogP contribution in [0, 0.1) is 0 Å². The molecular weight excluding hydrogens is 230 g/mol. The fourth-order valence-electron chi connectivity index (χ4n) is 3.10. The maximum absolute atomic E-state index is 10.3. The van der Waals surface area contributed by atoms with Gasteiger partial charge in [0.2, 0.25) is 11.8 Å². The Hall–Kier alpha value is -1.94. The molecule has 2 aliphatic heterocycles. The van der Waals surface area contributed by atoms with Crippen molar-refractivity contribution in [1.82, 2.24) is 4.57 Å². The lowest BCUT2D eigenvalue weighted by atomic mass is 9.95. The molecule has 0 radical (unpaired) electrons. The van der Waals surface area contributed by atoms with Crippen molar-refractivity contribution in [2.24, 2.45) is 0 Å². The topological polar surface area (TPSA) is 54.6 Å². The number of hydrogen-bond acceptors (Lipinski definition) is 3. The number of aromatic hydroxyl groups is 2. The highest BCUT2D eigenvalue weighted by molar-refractivity contribution is 5.57. The molecule has 18 heavy (non-hydrogen) atoms. The van der Waals surface area contributed by atoms with E-state index in [0.717, 1.165) is 29.7 Å². The summed E-state index contributed by atoms with van der Waals surface area (Å²) in [6, 6.07) is 9.38. The predicted octanol–water partition coefficient (Wildman–Crippen LogP) is 2.79. The highest BCUT2D eigenvalue weighted by atomic mass is 16.5. The summed E-state index contributed by atoms with van der Waals surface area (Å²) in [7, 11) is 0. The van der Waals surface area contributed by atoms with E-state index in [1.165, 1.54) is 4.57 Å². The standard InChI is InChI=1S/C14H13NO3/c16-13-11-9-6-7-10(18-9)12(11)14(17)15(13)8-4-2-1-3-5-8/h1-5,9-10,16-17H,6-7H2/t9-,10+. The average Bonchev–Trinajstić information content (AvgIpc) is 3.05. The van der Waals surface area contributed by atoms with Crippen LogP contribution >= 0.6 is 0 Å². The van der Waals surface area contributed by atoms with Gasteiger partial charge in [-0.05, 0) is 25.0 Å². The second-order valence-electron chi connectivity index (χ2n) is 4.84. The summed E-state index contributed by atoms with van der Waals surface area (Å²) in [6.07, 6.45) is 1.73. The van der Waals surface area contributed by atoms with Gasteiger partial charge in [-0.3, -0.25) is 4.57 Å². The Balaban J connectivity index is 1.97. The van der Waals surface area contributed by atoms with Gasteiger partial charge in [0, 0.05) is 0 Å². The molecule has 4 nitrogen and oxygen atoms in total. The maximum Gasteiger partial charge on any atom is 0.205 e. The van der Waals surface area contributed by atoms with E-state index in [1.54, 1.807) is 0 Å². The van der Waals surface area contributed by atoms with Crippen molar-refractivity contribution in [2.75, 3.05) is 0 Å². The van der Waals surface area contributed by atoms with Crippen molar-refractivity contribution >= 4 is 0 Å². The van der Waals surface area contributed by atoms with Gasteiger partial charge in [0.05, 0.1) is 29.0 Å². The summed E-state index contributed by atoms with van der Waals surface area (Å²) in [5.41, 5.74) is 2.31.